The lowest BCUT2D eigenvalue weighted by Crippen LogP contribution is -2.46. The summed E-state index contributed by atoms with van der Waals surface area (Å²) in [5.74, 6) is -0.514. The van der Waals surface area contributed by atoms with Crippen LogP contribution in [0.25, 0.3) is 0 Å². The second-order valence-electron chi connectivity index (χ2n) is 17.6. The number of allylic oxidation sites excluding steroid dienone is 8. The molecule has 0 aromatic rings. The number of carbonyl (C=O) groups excluding carboxylic acids is 2. The molecule has 0 aromatic heterocycles. The SMILES string of the molecule is CCCCC/C=C\C/C=C\C/C=C\CCCCCCCCC(=O)OC(CCC/C=C\CCCCCCCC)CC(=O)NC(CO)C(O)CCCCCCCCCCCCC. The first kappa shape index (κ1) is 57.8. The maximum absolute atomic E-state index is 13.2. The minimum atomic E-state index is -0.795. The fourth-order valence-electron chi connectivity index (χ4n) is 7.67. The summed E-state index contributed by atoms with van der Waals surface area (Å²) in [6, 6.07) is -0.711. The van der Waals surface area contributed by atoms with Crippen LogP contribution in [0.1, 0.15) is 258 Å². The van der Waals surface area contributed by atoms with Gasteiger partial charge in [0, 0.05) is 6.42 Å². The summed E-state index contributed by atoms with van der Waals surface area (Å²) in [5, 5.41) is 23.7. The molecule has 0 fully saturated rings. The van der Waals surface area contributed by atoms with Crippen LogP contribution >= 0.6 is 0 Å². The van der Waals surface area contributed by atoms with E-state index >= 15 is 0 Å². The molecule has 3 atom stereocenters. The average molecular weight is 842 g/mol. The highest BCUT2D eigenvalue weighted by molar-refractivity contribution is 5.77. The molecule has 1 amide bonds. The number of hydrogen-bond donors (Lipinski definition) is 3. The van der Waals surface area contributed by atoms with Gasteiger partial charge >= 0.3 is 5.97 Å². The van der Waals surface area contributed by atoms with Crippen LogP contribution in [0, 0.1) is 0 Å². The molecule has 0 aliphatic carbocycles. The molecule has 0 radical (unpaired) electrons. The van der Waals surface area contributed by atoms with Crippen molar-refractivity contribution in [1.82, 2.24) is 5.32 Å². The zero-order valence-electron chi connectivity index (χ0n) is 39.8. The van der Waals surface area contributed by atoms with Crippen molar-refractivity contribution in [2.45, 2.75) is 277 Å². The Morgan fingerprint density at radius 2 is 0.867 bits per heavy atom. The molecule has 3 unspecified atom stereocenters. The summed E-state index contributed by atoms with van der Waals surface area (Å²) in [6.45, 7) is 6.43. The van der Waals surface area contributed by atoms with Gasteiger partial charge in [0.15, 0.2) is 0 Å². The molecule has 6 nitrogen and oxygen atoms in total. The first-order chi connectivity index (χ1) is 29.5. The van der Waals surface area contributed by atoms with Crippen LogP contribution < -0.4 is 5.32 Å². The fourth-order valence-corrected chi connectivity index (χ4v) is 7.67. The highest BCUT2D eigenvalue weighted by atomic mass is 16.5. The Morgan fingerprint density at radius 3 is 1.37 bits per heavy atom. The Kier molecular flexibility index (Phi) is 46.1. The molecule has 0 aromatic carbocycles. The molecule has 0 bridgehead atoms. The number of aliphatic hydroxyl groups is 2. The normalized spacial score (nSPS) is 13.6. The molecular formula is C54H99NO5. The summed E-state index contributed by atoms with van der Waals surface area (Å²) in [4.78, 5) is 26.1. The van der Waals surface area contributed by atoms with Crippen LogP contribution in [0.4, 0.5) is 0 Å². The van der Waals surface area contributed by atoms with Gasteiger partial charge < -0.3 is 20.3 Å². The number of hydrogen-bond acceptors (Lipinski definition) is 5. The molecule has 0 saturated carbocycles. The number of carbonyl (C=O) groups is 2. The van der Waals surface area contributed by atoms with Gasteiger partial charge in [0.2, 0.25) is 5.91 Å². The molecule has 350 valence electrons. The summed E-state index contributed by atoms with van der Waals surface area (Å²) < 4.78 is 5.91. The lowest BCUT2D eigenvalue weighted by atomic mass is 10.0. The lowest BCUT2D eigenvalue weighted by Gasteiger charge is -2.24. The highest BCUT2D eigenvalue weighted by Crippen LogP contribution is 2.17. The first-order valence-corrected chi connectivity index (χ1v) is 25.9. The largest absolute Gasteiger partial charge is 0.462 e. The van der Waals surface area contributed by atoms with Crippen molar-refractivity contribution in [3.8, 4) is 0 Å². The van der Waals surface area contributed by atoms with Crippen molar-refractivity contribution in [2.75, 3.05) is 6.61 Å². The van der Waals surface area contributed by atoms with Gasteiger partial charge in [-0.2, -0.15) is 0 Å². The minimum absolute atomic E-state index is 0.0517. The third-order valence-electron chi connectivity index (χ3n) is 11.6. The second kappa shape index (κ2) is 47.9. The number of nitrogens with one attached hydrogen (secondary N) is 1. The Morgan fingerprint density at radius 1 is 0.483 bits per heavy atom. The molecule has 0 spiro atoms. The lowest BCUT2D eigenvalue weighted by molar-refractivity contribution is -0.151. The highest BCUT2D eigenvalue weighted by Gasteiger charge is 2.24. The summed E-state index contributed by atoms with van der Waals surface area (Å²) >= 11 is 0. The molecule has 0 aliphatic heterocycles. The predicted octanol–water partition coefficient (Wildman–Crippen LogP) is 15.5. The van der Waals surface area contributed by atoms with E-state index < -0.39 is 18.2 Å². The van der Waals surface area contributed by atoms with Crippen LogP contribution in [0.3, 0.4) is 0 Å². The summed E-state index contributed by atoms with van der Waals surface area (Å²) in [5.41, 5.74) is 0. The van der Waals surface area contributed by atoms with Crippen molar-refractivity contribution >= 4 is 11.9 Å². The number of rotatable bonds is 46. The molecule has 0 aliphatic rings. The maximum atomic E-state index is 13.2. The van der Waals surface area contributed by atoms with Crippen molar-refractivity contribution in [3.63, 3.8) is 0 Å². The first-order valence-electron chi connectivity index (χ1n) is 25.9. The molecule has 0 rings (SSSR count). The van der Waals surface area contributed by atoms with Gasteiger partial charge in [0.1, 0.15) is 6.10 Å². The summed E-state index contributed by atoms with van der Waals surface area (Å²) in [6.07, 6.45) is 57.4. The molecule has 3 N–H and O–H groups in total. The van der Waals surface area contributed by atoms with Gasteiger partial charge in [0.05, 0.1) is 25.2 Å². The monoisotopic (exact) mass is 842 g/mol. The van der Waals surface area contributed by atoms with E-state index in [9.17, 15) is 19.8 Å². The smallest absolute Gasteiger partial charge is 0.306 e. The van der Waals surface area contributed by atoms with E-state index in [2.05, 4.69) is 74.7 Å². The second-order valence-corrected chi connectivity index (χ2v) is 17.6. The van der Waals surface area contributed by atoms with Crippen molar-refractivity contribution in [2.24, 2.45) is 0 Å². The van der Waals surface area contributed by atoms with Crippen molar-refractivity contribution in [1.29, 1.82) is 0 Å². The van der Waals surface area contributed by atoms with E-state index in [0.717, 1.165) is 77.0 Å². The number of unbranched alkanes of at least 4 members (excludes halogenated alkanes) is 26. The summed E-state index contributed by atoms with van der Waals surface area (Å²) in [7, 11) is 0. The van der Waals surface area contributed by atoms with Crippen LogP contribution in [0.15, 0.2) is 48.6 Å². The van der Waals surface area contributed by atoms with Crippen LogP contribution in [-0.2, 0) is 14.3 Å². The maximum Gasteiger partial charge on any atom is 0.306 e. The molecule has 0 heterocycles. The quantitative estimate of drug-likeness (QED) is 0.0322. The molecule has 0 saturated heterocycles. The van der Waals surface area contributed by atoms with E-state index in [4.69, 9.17) is 4.74 Å². The van der Waals surface area contributed by atoms with Gasteiger partial charge in [-0.25, -0.2) is 0 Å². The topological polar surface area (TPSA) is 95.9 Å². The Labute approximate surface area is 372 Å². The fraction of sp³-hybridized carbons (Fsp3) is 0.815. The third kappa shape index (κ3) is 42.5. The Bertz CT molecular complexity index is 1040. The Balaban J connectivity index is 4.55. The molecular weight excluding hydrogens is 743 g/mol. The standard InChI is InChI=1S/C54H99NO5/c1-4-7-10-13-16-19-22-23-24-25-26-27-28-29-32-35-38-41-44-47-54(59)60-50(45-42-39-36-33-30-20-17-14-11-8-5-2)48-53(58)55-51(49-56)52(57)46-43-40-37-34-31-21-18-15-12-9-6-3/h16,19,23-24,26-27,33,36,50-52,56-57H,4-15,17-18,20-22,25,28-32,34-35,37-49H2,1-3H3,(H,55,58)/b19-16-,24-23-,27-26-,36-33-. The average Bonchev–Trinajstić information content (AvgIpc) is 3.24. The number of aliphatic hydroxyl groups excluding tert-OH is 2. The van der Waals surface area contributed by atoms with E-state index in [0.29, 0.717) is 19.3 Å². The van der Waals surface area contributed by atoms with Gasteiger partial charge in [0.25, 0.3) is 0 Å². The van der Waals surface area contributed by atoms with Crippen LogP contribution in [0.2, 0.25) is 0 Å². The molecule has 60 heavy (non-hydrogen) atoms. The third-order valence-corrected chi connectivity index (χ3v) is 11.6. The van der Waals surface area contributed by atoms with E-state index in [1.54, 1.807) is 0 Å². The molecule has 6 heteroatoms. The van der Waals surface area contributed by atoms with E-state index in [1.807, 2.05) is 0 Å². The van der Waals surface area contributed by atoms with Gasteiger partial charge in [-0.05, 0) is 83.5 Å². The van der Waals surface area contributed by atoms with Crippen molar-refractivity contribution < 1.29 is 24.5 Å². The van der Waals surface area contributed by atoms with Crippen molar-refractivity contribution in [3.05, 3.63) is 48.6 Å². The van der Waals surface area contributed by atoms with Gasteiger partial charge in [-0.3, -0.25) is 9.59 Å². The van der Waals surface area contributed by atoms with Gasteiger partial charge in [-0.15, -0.1) is 0 Å². The van der Waals surface area contributed by atoms with E-state index in [-0.39, 0.29) is 24.9 Å². The van der Waals surface area contributed by atoms with E-state index in [1.165, 1.54) is 135 Å². The number of amides is 1. The number of ether oxygens (including phenoxy) is 1. The number of esters is 1. The zero-order chi connectivity index (χ0) is 43.8. The predicted molar refractivity (Wildman–Crippen MR) is 259 cm³/mol. The van der Waals surface area contributed by atoms with Crippen LogP contribution in [-0.4, -0.2) is 46.9 Å². The Hall–Kier alpha value is -2.18. The van der Waals surface area contributed by atoms with Gasteiger partial charge in [-0.1, -0.05) is 211 Å². The zero-order valence-corrected chi connectivity index (χ0v) is 39.8. The minimum Gasteiger partial charge on any atom is -0.462 e. The van der Waals surface area contributed by atoms with Crippen LogP contribution in [0.5, 0.6) is 0 Å².